The number of carbonyl (C=O) groups is 3. The van der Waals surface area contributed by atoms with Gasteiger partial charge in [-0.05, 0) is 12.5 Å². The van der Waals surface area contributed by atoms with E-state index in [0.29, 0.717) is 0 Å². The molecule has 1 aromatic rings. The van der Waals surface area contributed by atoms with E-state index in [2.05, 4.69) is 6.58 Å². The number of amides is 1. The van der Waals surface area contributed by atoms with Gasteiger partial charge >= 0.3 is 12.1 Å². The molecule has 0 bridgehead atoms. The van der Waals surface area contributed by atoms with E-state index >= 15 is 0 Å². The molecule has 1 rings (SSSR count). The maximum absolute atomic E-state index is 12.0. The van der Waals surface area contributed by atoms with Crippen LogP contribution in [-0.2, 0) is 25.7 Å². The van der Waals surface area contributed by atoms with Crippen LogP contribution in [0.2, 0.25) is 0 Å². The van der Waals surface area contributed by atoms with Crippen LogP contribution in [0.5, 0.6) is 0 Å². The van der Waals surface area contributed by atoms with Gasteiger partial charge < -0.3 is 9.47 Å². The second-order valence-electron chi connectivity index (χ2n) is 4.73. The molecular formula is C17H21NO5. The van der Waals surface area contributed by atoms with Gasteiger partial charge in [0.05, 0.1) is 13.2 Å². The lowest BCUT2D eigenvalue weighted by atomic mass is 10.2. The zero-order valence-corrected chi connectivity index (χ0v) is 13.2. The number of ether oxygens (including phenoxy) is 2. The molecule has 0 heterocycles. The summed E-state index contributed by atoms with van der Waals surface area (Å²) in [5.41, 5.74) is 0.845. The van der Waals surface area contributed by atoms with Crippen molar-refractivity contribution in [3.05, 3.63) is 48.6 Å². The highest BCUT2D eigenvalue weighted by molar-refractivity contribution is 5.97. The summed E-state index contributed by atoms with van der Waals surface area (Å²) in [7, 11) is 0. The van der Waals surface area contributed by atoms with E-state index in [9.17, 15) is 14.4 Å². The summed E-state index contributed by atoms with van der Waals surface area (Å²) in [5, 5.41) is 0. The van der Waals surface area contributed by atoms with Gasteiger partial charge in [-0.3, -0.25) is 14.5 Å². The SMILES string of the molecule is C=CCN(CC(=O)CC(=O)OCC)C(=O)OCc1ccccc1. The summed E-state index contributed by atoms with van der Waals surface area (Å²) in [5.74, 6) is -1.02. The molecule has 23 heavy (non-hydrogen) atoms. The predicted octanol–water partition coefficient (Wildman–Crippen LogP) is 2.33. The molecular weight excluding hydrogens is 298 g/mol. The maximum Gasteiger partial charge on any atom is 0.410 e. The van der Waals surface area contributed by atoms with Crippen LogP contribution < -0.4 is 0 Å². The van der Waals surface area contributed by atoms with Gasteiger partial charge in [0.2, 0.25) is 0 Å². The average Bonchev–Trinajstić information content (AvgIpc) is 2.53. The molecule has 0 fully saturated rings. The van der Waals surface area contributed by atoms with Crippen LogP contribution in [-0.4, -0.2) is 42.4 Å². The summed E-state index contributed by atoms with van der Waals surface area (Å²) >= 11 is 0. The number of benzene rings is 1. The Hall–Kier alpha value is -2.63. The monoisotopic (exact) mass is 319 g/mol. The smallest absolute Gasteiger partial charge is 0.410 e. The minimum atomic E-state index is -0.633. The molecule has 0 aliphatic heterocycles. The van der Waals surface area contributed by atoms with Crippen molar-refractivity contribution in [3.63, 3.8) is 0 Å². The van der Waals surface area contributed by atoms with Crippen molar-refractivity contribution < 1.29 is 23.9 Å². The normalized spacial score (nSPS) is 9.78. The van der Waals surface area contributed by atoms with Gasteiger partial charge in [0.15, 0.2) is 5.78 Å². The van der Waals surface area contributed by atoms with Crippen LogP contribution in [0, 0.1) is 0 Å². The van der Waals surface area contributed by atoms with Gasteiger partial charge in [-0.15, -0.1) is 6.58 Å². The molecule has 0 N–H and O–H groups in total. The molecule has 0 saturated heterocycles. The Morgan fingerprint density at radius 1 is 1.17 bits per heavy atom. The maximum atomic E-state index is 12.0. The van der Waals surface area contributed by atoms with E-state index in [4.69, 9.17) is 9.47 Å². The first-order valence-corrected chi connectivity index (χ1v) is 7.30. The van der Waals surface area contributed by atoms with Crippen molar-refractivity contribution in [2.75, 3.05) is 19.7 Å². The predicted molar refractivity (Wildman–Crippen MR) is 84.7 cm³/mol. The fraction of sp³-hybridized carbons (Fsp3) is 0.353. The molecule has 1 amide bonds. The molecule has 0 radical (unpaired) electrons. The number of carbonyl (C=O) groups excluding carboxylic acids is 3. The summed E-state index contributed by atoms with van der Waals surface area (Å²) in [6, 6.07) is 9.21. The third-order valence-corrected chi connectivity index (χ3v) is 2.83. The van der Waals surface area contributed by atoms with Gasteiger partial charge in [-0.25, -0.2) is 4.79 Å². The Morgan fingerprint density at radius 3 is 2.48 bits per heavy atom. The van der Waals surface area contributed by atoms with E-state index in [-0.39, 0.29) is 32.7 Å². The Labute approximate surface area is 135 Å². The van der Waals surface area contributed by atoms with Gasteiger partial charge in [0, 0.05) is 6.54 Å². The van der Waals surface area contributed by atoms with Crippen LogP contribution in [0.1, 0.15) is 18.9 Å². The summed E-state index contributed by atoms with van der Waals surface area (Å²) in [4.78, 5) is 36.3. The van der Waals surface area contributed by atoms with Crippen LogP contribution in [0.4, 0.5) is 4.79 Å². The van der Waals surface area contributed by atoms with Crippen molar-refractivity contribution in [2.45, 2.75) is 20.0 Å². The van der Waals surface area contributed by atoms with Gasteiger partial charge in [0.25, 0.3) is 0 Å². The molecule has 0 aliphatic rings. The lowest BCUT2D eigenvalue weighted by molar-refractivity contribution is -0.145. The average molecular weight is 319 g/mol. The number of Topliss-reactive ketones (excluding diaryl/α,β-unsaturated/α-hetero) is 1. The van der Waals surface area contributed by atoms with Crippen molar-refractivity contribution in [2.24, 2.45) is 0 Å². The molecule has 0 spiro atoms. The number of nitrogens with zero attached hydrogens (tertiary/aromatic N) is 1. The molecule has 124 valence electrons. The summed E-state index contributed by atoms with van der Waals surface area (Å²) < 4.78 is 9.87. The number of hydrogen-bond donors (Lipinski definition) is 0. The summed E-state index contributed by atoms with van der Waals surface area (Å²) in [6.45, 7) is 5.46. The Bertz CT molecular complexity index is 541. The zero-order valence-electron chi connectivity index (χ0n) is 13.2. The quantitative estimate of drug-likeness (QED) is 0.397. The van der Waals surface area contributed by atoms with Gasteiger partial charge in [0.1, 0.15) is 13.0 Å². The molecule has 0 saturated carbocycles. The molecule has 0 unspecified atom stereocenters. The van der Waals surface area contributed by atoms with E-state index in [0.717, 1.165) is 5.56 Å². The second-order valence-corrected chi connectivity index (χ2v) is 4.73. The number of esters is 1. The van der Waals surface area contributed by atoms with Gasteiger partial charge in [-0.1, -0.05) is 36.4 Å². The van der Waals surface area contributed by atoms with Crippen molar-refractivity contribution in [3.8, 4) is 0 Å². The first kappa shape index (κ1) is 18.4. The Balaban J connectivity index is 2.52. The lowest BCUT2D eigenvalue weighted by Gasteiger charge is -2.19. The highest BCUT2D eigenvalue weighted by Gasteiger charge is 2.19. The second kappa shape index (κ2) is 10.2. The van der Waals surface area contributed by atoms with E-state index in [1.54, 1.807) is 6.92 Å². The third kappa shape index (κ3) is 7.26. The van der Waals surface area contributed by atoms with Crippen molar-refractivity contribution in [1.82, 2.24) is 4.90 Å². The molecule has 0 aromatic heterocycles. The van der Waals surface area contributed by atoms with Crippen LogP contribution in [0.25, 0.3) is 0 Å². The molecule has 6 nitrogen and oxygen atoms in total. The highest BCUT2D eigenvalue weighted by atomic mass is 16.6. The van der Waals surface area contributed by atoms with E-state index in [1.165, 1.54) is 11.0 Å². The van der Waals surface area contributed by atoms with Gasteiger partial charge in [-0.2, -0.15) is 0 Å². The molecule has 1 aromatic carbocycles. The number of rotatable bonds is 9. The van der Waals surface area contributed by atoms with Crippen LogP contribution >= 0.6 is 0 Å². The first-order valence-electron chi connectivity index (χ1n) is 7.30. The molecule has 0 atom stereocenters. The molecule has 0 aliphatic carbocycles. The van der Waals surface area contributed by atoms with Crippen LogP contribution in [0.3, 0.4) is 0 Å². The Morgan fingerprint density at radius 2 is 1.87 bits per heavy atom. The third-order valence-electron chi connectivity index (χ3n) is 2.83. The number of ketones is 1. The van der Waals surface area contributed by atoms with E-state index in [1.807, 2.05) is 30.3 Å². The fourth-order valence-electron chi connectivity index (χ4n) is 1.81. The first-order chi connectivity index (χ1) is 11.1. The lowest BCUT2D eigenvalue weighted by Crippen LogP contribution is -2.37. The molecule has 6 heteroatoms. The van der Waals surface area contributed by atoms with Crippen LogP contribution in [0.15, 0.2) is 43.0 Å². The summed E-state index contributed by atoms with van der Waals surface area (Å²) in [6.07, 6.45) is 0.487. The Kier molecular flexibility index (Phi) is 8.13. The van der Waals surface area contributed by atoms with Crippen molar-refractivity contribution in [1.29, 1.82) is 0 Å². The van der Waals surface area contributed by atoms with Crippen molar-refractivity contribution >= 4 is 17.8 Å². The minimum absolute atomic E-state index is 0.110. The minimum Gasteiger partial charge on any atom is -0.466 e. The highest BCUT2D eigenvalue weighted by Crippen LogP contribution is 2.04. The topological polar surface area (TPSA) is 72.9 Å². The zero-order chi connectivity index (χ0) is 17.1. The standard InChI is InChI=1S/C17H21NO5/c1-3-10-18(12-15(19)11-16(20)22-4-2)17(21)23-13-14-8-6-5-7-9-14/h3,5-9H,1,4,10-13H2,2H3. The fourth-order valence-corrected chi connectivity index (χ4v) is 1.81. The largest absolute Gasteiger partial charge is 0.466 e. The number of hydrogen-bond acceptors (Lipinski definition) is 5. The van der Waals surface area contributed by atoms with E-state index < -0.39 is 17.8 Å².